The summed E-state index contributed by atoms with van der Waals surface area (Å²) in [5.41, 5.74) is 0. The molecule has 1 aliphatic heterocycles. The van der Waals surface area contributed by atoms with Crippen LogP contribution in [0.1, 0.15) is 13.3 Å². The van der Waals surface area contributed by atoms with E-state index in [1.54, 1.807) is 6.92 Å². The molecule has 1 rings (SSSR count). The third-order valence-corrected chi connectivity index (χ3v) is 4.62. The molecule has 0 aliphatic carbocycles. The summed E-state index contributed by atoms with van der Waals surface area (Å²) < 4.78 is 30.2. The third-order valence-electron chi connectivity index (χ3n) is 3.15. The zero-order valence-corrected chi connectivity index (χ0v) is 12.9. The number of aliphatic carboxylic acids is 1. The van der Waals surface area contributed by atoms with Crippen LogP contribution >= 0.6 is 0 Å². The van der Waals surface area contributed by atoms with Crippen LogP contribution in [0.25, 0.3) is 0 Å². The zero-order valence-electron chi connectivity index (χ0n) is 12.0. The first-order valence-electron chi connectivity index (χ1n) is 6.58. The van der Waals surface area contributed by atoms with Gasteiger partial charge in [0.1, 0.15) is 6.04 Å². The van der Waals surface area contributed by atoms with Crippen molar-refractivity contribution < 1.29 is 27.9 Å². The predicted molar refractivity (Wildman–Crippen MR) is 74.4 cm³/mol. The Morgan fingerprint density at radius 1 is 1.43 bits per heavy atom. The summed E-state index contributed by atoms with van der Waals surface area (Å²) in [6.07, 6.45) is -0.114. The Morgan fingerprint density at radius 2 is 2.10 bits per heavy atom. The van der Waals surface area contributed by atoms with Gasteiger partial charge in [0.2, 0.25) is 10.0 Å². The first-order valence-corrected chi connectivity index (χ1v) is 8.23. The number of carboxylic acid groups (broad SMARTS) is 1. The Bertz CT molecular complexity index is 480. The number of carbonyl (C=O) groups excluding carboxylic acids is 1. The lowest BCUT2D eigenvalue weighted by atomic mass is 10.2. The Hall–Kier alpha value is -1.39. The topological polar surface area (TPSA) is 125 Å². The van der Waals surface area contributed by atoms with Crippen LogP contribution in [0.15, 0.2) is 0 Å². The van der Waals surface area contributed by atoms with Crippen molar-refractivity contribution in [3.8, 4) is 0 Å². The van der Waals surface area contributed by atoms with Gasteiger partial charge in [-0.25, -0.2) is 22.7 Å². The minimum absolute atomic E-state index is 0.0886. The van der Waals surface area contributed by atoms with Crippen LogP contribution in [0.2, 0.25) is 0 Å². The number of amides is 2. The molecule has 0 saturated carbocycles. The van der Waals surface area contributed by atoms with Gasteiger partial charge in [-0.15, -0.1) is 0 Å². The van der Waals surface area contributed by atoms with Crippen molar-refractivity contribution in [3.05, 3.63) is 0 Å². The lowest BCUT2D eigenvalue weighted by Gasteiger charge is -2.21. The monoisotopic (exact) mass is 323 g/mol. The molecular formula is C11H21N3O6S. The van der Waals surface area contributed by atoms with Crippen molar-refractivity contribution in [2.45, 2.75) is 25.5 Å². The Labute approximate surface area is 123 Å². The van der Waals surface area contributed by atoms with Crippen LogP contribution in [0, 0.1) is 0 Å². The van der Waals surface area contributed by atoms with E-state index in [1.165, 1.54) is 7.11 Å². The molecule has 2 amide bonds. The van der Waals surface area contributed by atoms with Gasteiger partial charge in [-0.3, -0.25) is 0 Å². The minimum Gasteiger partial charge on any atom is -0.480 e. The number of methoxy groups -OCH3 is 1. The van der Waals surface area contributed by atoms with Gasteiger partial charge in [0.15, 0.2) is 0 Å². The number of carbonyl (C=O) groups is 2. The number of rotatable bonds is 7. The molecule has 0 aromatic carbocycles. The molecular weight excluding hydrogens is 302 g/mol. The standard InChI is InChI=1S/C11H21N3O6S/c1-3-13-21(18,19)5-4-12-11(17)14-7-8(20-2)6-9(14)10(15)16/h8-9,13H,3-7H2,1-2H3,(H,12,17)(H,15,16). The van der Waals surface area contributed by atoms with Crippen LogP contribution in [-0.2, 0) is 19.6 Å². The fourth-order valence-corrected chi connectivity index (χ4v) is 3.07. The summed E-state index contributed by atoms with van der Waals surface area (Å²) in [7, 11) is -1.97. The Kier molecular flexibility index (Phi) is 6.37. The van der Waals surface area contributed by atoms with Gasteiger partial charge < -0.3 is 20.1 Å². The molecule has 1 fully saturated rings. The maximum Gasteiger partial charge on any atom is 0.326 e. The van der Waals surface area contributed by atoms with E-state index in [4.69, 9.17) is 9.84 Å². The number of hydrogen-bond donors (Lipinski definition) is 3. The average molecular weight is 323 g/mol. The van der Waals surface area contributed by atoms with Crippen molar-refractivity contribution in [2.24, 2.45) is 0 Å². The normalized spacial score (nSPS) is 22.3. The summed E-state index contributed by atoms with van der Waals surface area (Å²) in [6, 6.07) is -1.56. The van der Waals surface area contributed by atoms with E-state index in [0.29, 0.717) is 0 Å². The van der Waals surface area contributed by atoms with Crippen LogP contribution in [-0.4, -0.2) is 75.1 Å². The maximum atomic E-state index is 11.9. The zero-order chi connectivity index (χ0) is 16.0. The van der Waals surface area contributed by atoms with E-state index in [0.717, 1.165) is 4.90 Å². The first kappa shape index (κ1) is 17.7. The molecule has 0 aromatic rings. The van der Waals surface area contributed by atoms with Crippen molar-refractivity contribution in [3.63, 3.8) is 0 Å². The largest absolute Gasteiger partial charge is 0.480 e. The summed E-state index contributed by atoms with van der Waals surface area (Å²) in [6.45, 7) is 2.01. The summed E-state index contributed by atoms with van der Waals surface area (Å²) in [5, 5.41) is 11.5. The van der Waals surface area contributed by atoms with Crippen molar-refractivity contribution in [2.75, 3.05) is 32.5 Å². The molecule has 2 unspecified atom stereocenters. The first-order chi connectivity index (χ1) is 9.80. The number of urea groups is 1. The Balaban J connectivity index is 2.52. The third kappa shape index (κ3) is 5.14. The van der Waals surface area contributed by atoms with E-state index >= 15 is 0 Å². The molecule has 0 bridgehead atoms. The number of nitrogens with one attached hydrogen (secondary N) is 2. The molecule has 2 atom stereocenters. The Morgan fingerprint density at radius 3 is 2.62 bits per heavy atom. The van der Waals surface area contributed by atoms with Gasteiger partial charge in [-0.05, 0) is 0 Å². The fraction of sp³-hybridized carbons (Fsp3) is 0.818. The predicted octanol–water partition coefficient (Wildman–Crippen LogP) is -1.19. The van der Waals surface area contributed by atoms with Crippen LogP contribution in [0.3, 0.4) is 0 Å². The molecule has 10 heteroatoms. The molecule has 1 saturated heterocycles. The lowest BCUT2D eigenvalue weighted by Crippen LogP contribution is -2.47. The molecule has 21 heavy (non-hydrogen) atoms. The van der Waals surface area contributed by atoms with Crippen LogP contribution in [0.4, 0.5) is 4.79 Å². The second-order valence-corrected chi connectivity index (χ2v) is 6.57. The van der Waals surface area contributed by atoms with Gasteiger partial charge in [-0.1, -0.05) is 6.92 Å². The van der Waals surface area contributed by atoms with Crippen molar-refractivity contribution in [1.29, 1.82) is 0 Å². The highest BCUT2D eigenvalue weighted by Gasteiger charge is 2.39. The average Bonchev–Trinajstić information content (AvgIpc) is 2.82. The lowest BCUT2D eigenvalue weighted by molar-refractivity contribution is -0.141. The van der Waals surface area contributed by atoms with Gasteiger partial charge in [0, 0.05) is 33.2 Å². The number of likely N-dealkylation sites (tertiary alicyclic amines) is 1. The molecule has 3 N–H and O–H groups in total. The minimum atomic E-state index is -3.42. The molecule has 0 spiro atoms. The summed E-state index contributed by atoms with van der Waals surface area (Å²) >= 11 is 0. The summed E-state index contributed by atoms with van der Waals surface area (Å²) in [4.78, 5) is 24.2. The number of hydrogen-bond acceptors (Lipinski definition) is 5. The number of sulfonamides is 1. The van der Waals surface area contributed by atoms with Gasteiger partial charge in [0.25, 0.3) is 0 Å². The van der Waals surface area contributed by atoms with Gasteiger partial charge in [-0.2, -0.15) is 0 Å². The van der Waals surface area contributed by atoms with E-state index in [-0.39, 0.29) is 37.9 Å². The quantitative estimate of drug-likeness (QED) is 0.541. The molecule has 1 heterocycles. The number of nitrogens with zero attached hydrogens (tertiary/aromatic N) is 1. The van der Waals surface area contributed by atoms with Crippen molar-refractivity contribution in [1.82, 2.24) is 14.9 Å². The van der Waals surface area contributed by atoms with Crippen molar-refractivity contribution >= 4 is 22.0 Å². The fourth-order valence-electron chi connectivity index (χ4n) is 2.11. The highest BCUT2D eigenvalue weighted by molar-refractivity contribution is 7.89. The second-order valence-electron chi connectivity index (χ2n) is 4.65. The molecule has 9 nitrogen and oxygen atoms in total. The summed E-state index contributed by atoms with van der Waals surface area (Å²) in [5.74, 6) is -1.36. The van der Waals surface area contributed by atoms with E-state index < -0.39 is 28.1 Å². The van der Waals surface area contributed by atoms with Gasteiger partial charge in [0.05, 0.1) is 11.9 Å². The van der Waals surface area contributed by atoms with Crippen LogP contribution in [0.5, 0.6) is 0 Å². The maximum absolute atomic E-state index is 11.9. The molecule has 0 radical (unpaired) electrons. The van der Waals surface area contributed by atoms with Crippen LogP contribution < -0.4 is 10.0 Å². The van der Waals surface area contributed by atoms with E-state index in [9.17, 15) is 18.0 Å². The smallest absolute Gasteiger partial charge is 0.326 e. The number of carboxylic acids is 1. The highest BCUT2D eigenvalue weighted by atomic mass is 32.2. The SMILES string of the molecule is CCNS(=O)(=O)CCNC(=O)N1CC(OC)CC1C(=O)O. The molecule has 1 aliphatic rings. The van der Waals surface area contributed by atoms with E-state index in [2.05, 4.69) is 10.0 Å². The number of ether oxygens (including phenoxy) is 1. The van der Waals surface area contributed by atoms with E-state index in [1.807, 2.05) is 0 Å². The second kappa shape index (κ2) is 7.57. The highest BCUT2D eigenvalue weighted by Crippen LogP contribution is 2.20. The molecule has 122 valence electrons. The molecule has 0 aromatic heterocycles. The van der Waals surface area contributed by atoms with Gasteiger partial charge >= 0.3 is 12.0 Å².